The Kier molecular flexibility index (Phi) is 7.65. The zero-order valence-corrected chi connectivity index (χ0v) is 18.1. The largest absolute Gasteiger partial charge is 0.376 e. The van der Waals surface area contributed by atoms with E-state index in [0.717, 1.165) is 25.9 Å². The van der Waals surface area contributed by atoms with Crippen molar-refractivity contribution in [2.24, 2.45) is 5.92 Å². The van der Waals surface area contributed by atoms with Crippen molar-refractivity contribution < 1.29 is 14.4 Å². The first-order chi connectivity index (χ1) is 15.0. The molecule has 7 heteroatoms. The molecular weight excluding hydrogens is 392 g/mol. The van der Waals surface area contributed by atoms with Gasteiger partial charge in [-0.2, -0.15) is 0 Å². The molecule has 0 unspecified atom stereocenters. The second-order valence-electron chi connectivity index (χ2n) is 7.90. The van der Waals surface area contributed by atoms with Gasteiger partial charge in [0.05, 0.1) is 6.54 Å². The van der Waals surface area contributed by atoms with Gasteiger partial charge in [-0.05, 0) is 62.1 Å². The minimum atomic E-state index is -0.241. The Hall–Kier alpha value is -3.35. The van der Waals surface area contributed by atoms with Crippen molar-refractivity contribution in [3.8, 4) is 0 Å². The summed E-state index contributed by atoms with van der Waals surface area (Å²) in [6.45, 7) is 6.23. The molecule has 0 saturated carbocycles. The molecule has 0 aliphatic carbocycles. The number of nitrogens with zero attached hydrogens (tertiary/aromatic N) is 1. The number of nitrogens with one attached hydrogen (secondary N) is 3. The van der Waals surface area contributed by atoms with E-state index in [2.05, 4.69) is 22.9 Å². The fourth-order valence-electron chi connectivity index (χ4n) is 3.54. The first-order valence-corrected chi connectivity index (χ1v) is 10.8. The van der Waals surface area contributed by atoms with Crippen molar-refractivity contribution in [3.63, 3.8) is 0 Å². The van der Waals surface area contributed by atoms with Gasteiger partial charge in [-0.15, -0.1) is 0 Å². The highest BCUT2D eigenvalue weighted by Gasteiger charge is 2.21. The Bertz CT molecular complexity index is 936. The molecule has 2 aromatic rings. The number of rotatable bonds is 7. The second kappa shape index (κ2) is 10.6. The lowest BCUT2D eigenvalue weighted by atomic mass is 9.98. The average molecular weight is 423 g/mol. The van der Waals surface area contributed by atoms with E-state index in [1.807, 2.05) is 24.0 Å². The van der Waals surface area contributed by atoms with E-state index in [9.17, 15) is 14.4 Å². The van der Waals surface area contributed by atoms with E-state index in [1.165, 1.54) is 0 Å². The molecule has 1 aliphatic heterocycles. The third kappa shape index (κ3) is 6.31. The smallest absolute Gasteiger partial charge is 0.253 e. The fourth-order valence-corrected chi connectivity index (χ4v) is 3.54. The van der Waals surface area contributed by atoms with Gasteiger partial charge in [0.15, 0.2) is 0 Å². The maximum absolute atomic E-state index is 12.8. The molecule has 31 heavy (non-hydrogen) atoms. The van der Waals surface area contributed by atoms with Gasteiger partial charge in [-0.3, -0.25) is 14.4 Å². The lowest BCUT2D eigenvalue weighted by molar-refractivity contribution is -0.114. The predicted molar refractivity (Wildman–Crippen MR) is 122 cm³/mol. The average Bonchev–Trinajstić information content (AvgIpc) is 2.78. The number of carbonyl (C=O) groups is 3. The highest BCUT2D eigenvalue weighted by atomic mass is 16.2. The van der Waals surface area contributed by atoms with Crippen molar-refractivity contribution in [2.75, 3.05) is 36.8 Å². The Balaban J connectivity index is 1.55. The van der Waals surface area contributed by atoms with Crippen molar-refractivity contribution in [2.45, 2.75) is 26.7 Å². The number of benzene rings is 2. The molecule has 0 atom stereocenters. The van der Waals surface area contributed by atoms with Crippen LogP contribution in [0.4, 0.5) is 11.4 Å². The minimum Gasteiger partial charge on any atom is -0.376 e. The minimum absolute atomic E-state index is 0.0298. The molecule has 0 bridgehead atoms. The molecule has 1 aliphatic rings. The van der Waals surface area contributed by atoms with E-state index in [-0.39, 0.29) is 24.3 Å². The molecule has 7 nitrogen and oxygen atoms in total. The predicted octanol–water partition coefficient (Wildman–Crippen LogP) is 3.36. The van der Waals surface area contributed by atoms with Crippen LogP contribution in [0.15, 0.2) is 48.5 Å². The molecule has 3 N–H and O–H groups in total. The molecule has 1 saturated heterocycles. The number of piperidine rings is 1. The van der Waals surface area contributed by atoms with Gasteiger partial charge in [-0.1, -0.05) is 19.1 Å². The Morgan fingerprint density at radius 1 is 0.968 bits per heavy atom. The van der Waals surface area contributed by atoms with Crippen LogP contribution in [0.25, 0.3) is 0 Å². The maximum Gasteiger partial charge on any atom is 0.253 e. The molecule has 2 aromatic carbocycles. The standard InChI is InChI=1S/C24H30N4O3/c1-3-25-23(30)18-6-4-9-21(14-18)27-22(29)16-26-20-8-5-7-19(15-20)24(31)28-12-10-17(2)11-13-28/h4-9,14-15,17,26H,3,10-13,16H2,1-2H3,(H,25,30)(H,27,29). The summed E-state index contributed by atoms with van der Waals surface area (Å²) in [6.07, 6.45) is 2.07. The van der Waals surface area contributed by atoms with Gasteiger partial charge >= 0.3 is 0 Å². The number of anilines is 2. The summed E-state index contributed by atoms with van der Waals surface area (Å²) in [4.78, 5) is 38.9. The van der Waals surface area contributed by atoms with Crippen LogP contribution in [0, 0.1) is 5.92 Å². The zero-order chi connectivity index (χ0) is 22.2. The second-order valence-corrected chi connectivity index (χ2v) is 7.90. The summed E-state index contributed by atoms with van der Waals surface area (Å²) in [6, 6.07) is 14.0. The monoisotopic (exact) mass is 422 g/mol. The van der Waals surface area contributed by atoms with Crippen molar-refractivity contribution in [1.29, 1.82) is 0 Å². The van der Waals surface area contributed by atoms with Crippen LogP contribution < -0.4 is 16.0 Å². The van der Waals surface area contributed by atoms with Crippen LogP contribution in [0.5, 0.6) is 0 Å². The van der Waals surface area contributed by atoms with Crippen molar-refractivity contribution in [1.82, 2.24) is 10.2 Å². The van der Waals surface area contributed by atoms with Gasteiger partial charge < -0.3 is 20.9 Å². The zero-order valence-electron chi connectivity index (χ0n) is 18.1. The molecule has 1 fully saturated rings. The first kappa shape index (κ1) is 22.3. The van der Waals surface area contributed by atoms with Crippen LogP contribution >= 0.6 is 0 Å². The number of amides is 3. The van der Waals surface area contributed by atoms with E-state index in [4.69, 9.17) is 0 Å². The first-order valence-electron chi connectivity index (χ1n) is 10.8. The van der Waals surface area contributed by atoms with Gasteiger partial charge in [0, 0.05) is 42.1 Å². The molecule has 3 amide bonds. The van der Waals surface area contributed by atoms with Crippen molar-refractivity contribution >= 4 is 29.1 Å². The molecule has 0 aromatic heterocycles. The Labute approximate surface area is 183 Å². The van der Waals surface area contributed by atoms with Crippen LogP contribution in [-0.4, -0.2) is 48.8 Å². The number of likely N-dealkylation sites (tertiary alicyclic amines) is 1. The lowest BCUT2D eigenvalue weighted by Crippen LogP contribution is -2.37. The van der Waals surface area contributed by atoms with Gasteiger partial charge in [0.1, 0.15) is 0 Å². The SMILES string of the molecule is CCNC(=O)c1cccc(NC(=O)CNc2cccc(C(=O)N3CCC(C)CC3)c2)c1. The molecule has 1 heterocycles. The highest BCUT2D eigenvalue weighted by molar-refractivity contribution is 5.98. The Morgan fingerprint density at radius 2 is 1.61 bits per heavy atom. The van der Waals surface area contributed by atoms with E-state index in [1.54, 1.807) is 36.4 Å². The summed E-state index contributed by atoms with van der Waals surface area (Å²) in [5, 5.41) is 8.59. The fraction of sp³-hybridized carbons (Fsp3) is 0.375. The number of hydrogen-bond acceptors (Lipinski definition) is 4. The van der Waals surface area contributed by atoms with Gasteiger partial charge in [0.25, 0.3) is 11.8 Å². The molecule has 0 radical (unpaired) electrons. The maximum atomic E-state index is 12.8. The number of carbonyl (C=O) groups excluding carboxylic acids is 3. The van der Waals surface area contributed by atoms with E-state index >= 15 is 0 Å². The van der Waals surface area contributed by atoms with Crippen LogP contribution in [0.1, 0.15) is 47.4 Å². The van der Waals surface area contributed by atoms with E-state index < -0.39 is 0 Å². The third-order valence-corrected chi connectivity index (χ3v) is 5.38. The summed E-state index contributed by atoms with van der Waals surface area (Å²) >= 11 is 0. The highest BCUT2D eigenvalue weighted by Crippen LogP contribution is 2.19. The molecule has 164 valence electrons. The van der Waals surface area contributed by atoms with Crippen LogP contribution in [0.3, 0.4) is 0 Å². The third-order valence-electron chi connectivity index (χ3n) is 5.38. The van der Waals surface area contributed by atoms with Crippen molar-refractivity contribution in [3.05, 3.63) is 59.7 Å². The summed E-state index contributed by atoms with van der Waals surface area (Å²) in [5.74, 6) is 0.274. The van der Waals surface area contributed by atoms with Gasteiger partial charge in [0.2, 0.25) is 5.91 Å². The van der Waals surface area contributed by atoms with Gasteiger partial charge in [-0.25, -0.2) is 0 Å². The molecule has 0 spiro atoms. The van der Waals surface area contributed by atoms with E-state index in [0.29, 0.717) is 35.0 Å². The quantitative estimate of drug-likeness (QED) is 0.638. The summed E-state index contributed by atoms with van der Waals surface area (Å²) < 4.78 is 0. The Morgan fingerprint density at radius 3 is 2.32 bits per heavy atom. The summed E-state index contributed by atoms with van der Waals surface area (Å²) in [5.41, 5.74) is 2.38. The lowest BCUT2D eigenvalue weighted by Gasteiger charge is -2.30. The number of hydrogen-bond donors (Lipinski definition) is 3. The normalized spacial score (nSPS) is 14.1. The van der Waals surface area contributed by atoms with Crippen LogP contribution in [0.2, 0.25) is 0 Å². The van der Waals surface area contributed by atoms with Crippen LogP contribution in [-0.2, 0) is 4.79 Å². The molecular formula is C24H30N4O3. The molecule has 3 rings (SSSR count). The summed E-state index contributed by atoms with van der Waals surface area (Å²) in [7, 11) is 0. The topological polar surface area (TPSA) is 90.5 Å².